The van der Waals surface area contributed by atoms with Crippen LogP contribution in [0.3, 0.4) is 0 Å². The second-order valence-corrected chi connectivity index (χ2v) is 7.37. The molecule has 0 aliphatic rings. The third kappa shape index (κ3) is 7.29. The fourth-order valence-corrected chi connectivity index (χ4v) is 3.36. The maximum Gasteiger partial charge on any atom is 1.00 e. The van der Waals surface area contributed by atoms with Gasteiger partial charge in [-0.05, 0) is 48.7 Å². The molecular formula is C19H23NaO5S. The molecule has 0 bridgehead atoms. The largest absolute Gasteiger partial charge is 1.00 e. The van der Waals surface area contributed by atoms with Crippen LogP contribution in [0.25, 0.3) is 0 Å². The Bertz CT molecular complexity index is 788. The van der Waals surface area contributed by atoms with Crippen molar-refractivity contribution in [3.05, 3.63) is 48.0 Å². The summed E-state index contributed by atoms with van der Waals surface area (Å²) in [6.07, 6.45) is 5.81. The van der Waals surface area contributed by atoms with E-state index >= 15 is 0 Å². The molecule has 0 spiro atoms. The molecule has 0 saturated carbocycles. The van der Waals surface area contributed by atoms with Gasteiger partial charge < -0.3 is 9.84 Å². The molecule has 0 saturated heterocycles. The van der Waals surface area contributed by atoms with Crippen LogP contribution in [0.5, 0.6) is 17.2 Å². The number of rotatable bonds is 9. The molecule has 2 rings (SSSR count). The molecule has 2 aromatic rings. The van der Waals surface area contributed by atoms with Gasteiger partial charge in [0.25, 0.3) is 10.1 Å². The van der Waals surface area contributed by atoms with E-state index in [1.54, 1.807) is 18.2 Å². The van der Waals surface area contributed by atoms with Gasteiger partial charge in [-0.1, -0.05) is 44.7 Å². The van der Waals surface area contributed by atoms with Crippen molar-refractivity contribution in [2.24, 2.45) is 0 Å². The fraction of sp³-hybridized carbons (Fsp3) is 0.368. The van der Waals surface area contributed by atoms with Crippen molar-refractivity contribution in [2.75, 3.05) is 0 Å². The molecule has 26 heavy (non-hydrogen) atoms. The summed E-state index contributed by atoms with van der Waals surface area (Å²) in [5.41, 5.74) is 0.539. The molecule has 1 N–H and O–H groups in total. The summed E-state index contributed by atoms with van der Waals surface area (Å²) in [4.78, 5) is -0.0785. The van der Waals surface area contributed by atoms with E-state index in [1.165, 1.54) is 24.3 Å². The molecule has 0 heterocycles. The minimum absolute atomic E-state index is 0. The van der Waals surface area contributed by atoms with Crippen LogP contribution < -0.4 is 39.4 Å². The second kappa shape index (κ2) is 10.9. The SMILES string of the molecule is CCCCCCCc1cc(Oc2ccc([O-])cc2)ccc1S(=O)(=O)O.[Na+]. The zero-order valence-electron chi connectivity index (χ0n) is 15.3. The number of benzene rings is 2. The van der Waals surface area contributed by atoms with Crippen molar-refractivity contribution in [3.63, 3.8) is 0 Å². The van der Waals surface area contributed by atoms with E-state index in [2.05, 4.69) is 6.92 Å². The van der Waals surface area contributed by atoms with E-state index in [1.807, 2.05) is 0 Å². The van der Waals surface area contributed by atoms with Crippen molar-refractivity contribution in [1.82, 2.24) is 0 Å². The van der Waals surface area contributed by atoms with Gasteiger partial charge in [-0.25, -0.2) is 0 Å². The molecule has 7 heteroatoms. The molecule has 0 aliphatic heterocycles. The standard InChI is InChI=1S/C19H24O5S.Na/c1-2-3-4-5-6-7-15-14-18(12-13-19(15)25(21,22)23)24-17-10-8-16(20)9-11-17;/h8-14,20H,2-7H2,1H3,(H,21,22,23);/q;+1/p-1. The minimum atomic E-state index is -4.27. The van der Waals surface area contributed by atoms with Gasteiger partial charge in [-0.15, -0.1) is 5.75 Å². The monoisotopic (exact) mass is 386 g/mol. The summed E-state index contributed by atoms with van der Waals surface area (Å²) in [7, 11) is -4.27. The van der Waals surface area contributed by atoms with Gasteiger partial charge >= 0.3 is 29.6 Å². The van der Waals surface area contributed by atoms with Gasteiger partial charge in [0.05, 0.1) is 4.90 Å². The minimum Gasteiger partial charge on any atom is -0.872 e. The van der Waals surface area contributed by atoms with Gasteiger partial charge in [0.2, 0.25) is 0 Å². The zero-order valence-corrected chi connectivity index (χ0v) is 18.1. The molecule has 0 amide bonds. The number of hydrogen-bond acceptors (Lipinski definition) is 4. The summed E-state index contributed by atoms with van der Waals surface area (Å²) in [6, 6.07) is 10.4. The van der Waals surface area contributed by atoms with Crippen molar-refractivity contribution >= 4 is 10.1 Å². The van der Waals surface area contributed by atoms with E-state index < -0.39 is 10.1 Å². The van der Waals surface area contributed by atoms with E-state index in [9.17, 15) is 18.1 Å². The molecule has 0 radical (unpaired) electrons. The van der Waals surface area contributed by atoms with E-state index in [-0.39, 0.29) is 40.2 Å². The van der Waals surface area contributed by atoms with E-state index in [0.717, 1.165) is 32.1 Å². The second-order valence-electron chi connectivity index (χ2n) is 5.98. The Labute approximate surface area is 177 Å². The van der Waals surface area contributed by atoms with Crippen LogP contribution in [0.2, 0.25) is 0 Å². The maximum absolute atomic E-state index is 11.6. The Balaban J connectivity index is 0.00000338. The first kappa shape index (κ1) is 23.0. The first-order valence-corrected chi connectivity index (χ1v) is 9.89. The van der Waals surface area contributed by atoms with Crippen LogP contribution >= 0.6 is 0 Å². The third-order valence-corrected chi connectivity index (χ3v) is 4.87. The Morgan fingerprint density at radius 1 is 0.962 bits per heavy atom. The van der Waals surface area contributed by atoms with Crippen molar-refractivity contribution in [3.8, 4) is 17.2 Å². The molecule has 0 fully saturated rings. The Morgan fingerprint density at radius 3 is 2.19 bits per heavy atom. The van der Waals surface area contributed by atoms with Crippen LogP contribution in [0, 0.1) is 0 Å². The van der Waals surface area contributed by atoms with Crippen molar-refractivity contribution in [2.45, 2.75) is 50.3 Å². The fourth-order valence-electron chi connectivity index (χ4n) is 2.63. The first-order valence-electron chi connectivity index (χ1n) is 8.45. The number of hydrogen-bond donors (Lipinski definition) is 1. The summed E-state index contributed by atoms with van der Waals surface area (Å²) < 4.78 is 38.2. The van der Waals surface area contributed by atoms with Crippen LogP contribution in [-0.4, -0.2) is 13.0 Å². The average Bonchev–Trinajstić information content (AvgIpc) is 2.56. The smallest absolute Gasteiger partial charge is 0.872 e. The van der Waals surface area contributed by atoms with Gasteiger partial charge in [0.15, 0.2) is 0 Å². The van der Waals surface area contributed by atoms with Crippen LogP contribution in [0.15, 0.2) is 47.4 Å². The summed E-state index contributed by atoms with van der Waals surface area (Å²) >= 11 is 0. The zero-order chi connectivity index (χ0) is 18.3. The quantitative estimate of drug-likeness (QED) is 0.399. The normalized spacial score (nSPS) is 11.0. The average molecular weight is 386 g/mol. The van der Waals surface area contributed by atoms with Crippen LogP contribution in [0.1, 0.15) is 44.6 Å². The Morgan fingerprint density at radius 2 is 1.58 bits per heavy atom. The number of unbranched alkanes of at least 4 members (excludes halogenated alkanes) is 4. The van der Waals surface area contributed by atoms with Crippen molar-refractivity contribution in [1.29, 1.82) is 0 Å². The molecule has 0 atom stereocenters. The number of ether oxygens (including phenoxy) is 1. The van der Waals surface area contributed by atoms with Crippen LogP contribution in [-0.2, 0) is 16.5 Å². The topological polar surface area (TPSA) is 86.7 Å². The van der Waals surface area contributed by atoms with Gasteiger partial charge in [0.1, 0.15) is 11.5 Å². The Hall–Kier alpha value is -1.05. The predicted octanol–water partition coefficient (Wildman–Crippen LogP) is 1.32. The van der Waals surface area contributed by atoms with Crippen molar-refractivity contribution < 1.29 is 52.4 Å². The summed E-state index contributed by atoms with van der Waals surface area (Å²) in [5, 5.41) is 11.1. The molecule has 2 aromatic carbocycles. The molecule has 0 aromatic heterocycles. The predicted molar refractivity (Wildman–Crippen MR) is 94.7 cm³/mol. The summed E-state index contributed by atoms with van der Waals surface area (Å²) in [6.45, 7) is 2.14. The first-order chi connectivity index (χ1) is 11.9. The van der Waals surface area contributed by atoms with Gasteiger partial charge in [-0.2, -0.15) is 8.42 Å². The van der Waals surface area contributed by atoms with E-state index in [0.29, 0.717) is 23.5 Å². The molecule has 5 nitrogen and oxygen atoms in total. The summed E-state index contributed by atoms with van der Waals surface area (Å²) in [5.74, 6) is 0.851. The Kier molecular flexibility index (Phi) is 9.68. The van der Waals surface area contributed by atoms with Gasteiger partial charge in [-0.3, -0.25) is 4.55 Å². The van der Waals surface area contributed by atoms with Gasteiger partial charge in [0, 0.05) is 0 Å². The van der Waals surface area contributed by atoms with Crippen LogP contribution in [0.4, 0.5) is 0 Å². The number of aryl methyl sites for hydroxylation is 1. The molecule has 0 unspecified atom stereocenters. The third-order valence-electron chi connectivity index (χ3n) is 3.92. The van der Waals surface area contributed by atoms with E-state index in [4.69, 9.17) is 4.74 Å². The molecule has 0 aliphatic carbocycles. The maximum atomic E-state index is 11.6. The molecular weight excluding hydrogens is 363 g/mol. The molecule has 136 valence electrons.